The van der Waals surface area contributed by atoms with Gasteiger partial charge in [0.25, 0.3) is 5.91 Å². The average molecular weight is 450 g/mol. The molecule has 2 aliphatic heterocycles. The van der Waals surface area contributed by atoms with Crippen LogP contribution in [0.25, 0.3) is 11.4 Å². The third kappa shape index (κ3) is 4.15. The van der Waals surface area contributed by atoms with Crippen molar-refractivity contribution in [3.05, 3.63) is 47.7 Å². The van der Waals surface area contributed by atoms with E-state index in [1.54, 1.807) is 6.07 Å². The molecule has 9 heteroatoms. The second-order valence-corrected chi connectivity index (χ2v) is 8.71. The van der Waals surface area contributed by atoms with Crippen LogP contribution in [0, 0.1) is 11.7 Å². The van der Waals surface area contributed by atoms with E-state index >= 15 is 0 Å². The first-order valence-corrected chi connectivity index (χ1v) is 11.5. The van der Waals surface area contributed by atoms with Gasteiger partial charge in [-0.2, -0.15) is 0 Å². The van der Waals surface area contributed by atoms with Crippen molar-refractivity contribution in [1.29, 1.82) is 0 Å². The standard InChI is InChI=1S/C24H28FN7O/c1-3-15-7-10-32(11-8-15)16-4-5-21(27-13-16)29-24-28-14-18(25)22(30-24)20-12-17-19(31(20)2)6-9-26-23(17)33/h4-5,12-15H,3,6-11H2,1-2H3,(H,26,33)(H,27,28,29,30). The van der Waals surface area contributed by atoms with Crippen LogP contribution in [0.1, 0.15) is 42.2 Å². The van der Waals surface area contributed by atoms with Gasteiger partial charge in [0.2, 0.25) is 5.95 Å². The fraction of sp³-hybridized carbons (Fsp3) is 0.417. The highest BCUT2D eigenvalue weighted by Crippen LogP contribution is 2.29. The number of hydrogen-bond donors (Lipinski definition) is 2. The van der Waals surface area contributed by atoms with Gasteiger partial charge in [-0.25, -0.2) is 19.3 Å². The second kappa shape index (κ2) is 8.80. The van der Waals surface area contributed by atoms with E-state index in [0.717, 1.165) is 36.6 Å². The molecule has 0 aliphatic carbocycles. The summed E-state index contributed by atoms with van der Waals surface area (Å²) in [5, 5.41) is 5.89. The van der Waals surface area contributed by atoms with Crippen LogP contribution in [0.3, 0.4) is 0 Å². The highest BCUT2D eigenvalue weighted by Gasteiger charge is 2.25. The fourth-order valence-electron chi connectivity index (χ4n) is 4.73. The Hall–Kier alpha value is -3.49. The van der Waals surface area contributed by atoms with Gasteiger partial charge in [0.05, 0.1) is 29.3 Å². The van der Waals surface area contributed by atoms with Gasteiger partial charge in [0, 0.05) is 38.8 Å². The monoisotopic (exact) mass is 449 g/mol. The molecule has 5 heterocycles. The molecule has 1 amide bonds. The number of carbonyl (C=O) groups is 1. The minimum absolute atomic E-state index is 0.144. The first-order chi connectivity index (χ1) is 16.0. The fourth-order valence-corrected chi connectivity index (χ4v) is 4.73. The number of piperidine rings is 1. The zero-order chi connectivity index (χ0) is 22.9. The lowest BCUT2D eigenvalue weighted by Crippen LogP contribution is -2.33. The zero-order valence-corrected chi connectivity index (χ0v) is 18.9. The lowest BCUT2D eigenvalue weighted by molar-refractivity contribution is 0.0945. The smallest absolute Gasteiger partial charge is 0.253 e. The molecule has 33 heavy (non-hydrogen) atoms. The molecule has 0 radical (unpaired) electrons. The minimum atomic E-state index is -0.544. The molecule has 0 saturated carbocycles. The third-order valence-corrected chi connectivity index (χ3v) is 6.78. The van der Waals surface area contributed by atoms with Crippen molar-refractivity contribution in [3.8, 4) is 11.4 Å². The van der Waals surface area contributed by atoms with E-state index < -0.39 is 5.82 Å². The van der Waals surface area contributed by atoms with Crippen molar-refractivity contribution in [2.75, 3.05) is 29.9 Å². The Morgan fingerprint density at radius 3 is 2.73 bits per heavy atom. The summed E-state index contributed by atoms with van der Waals surface area (Å²) >= 11 is 0. The maximum Gasteiger partial charge on any atom is 0.253 e. The van der Waals surface area contributed by atoms with Crippen molar-refractivity contribution < 1.29 is 9.18 Å². The lowest BCUT2D eigenvalue weighted by Gasteiger charge is -2.33. The van der Waals surface area contributed by atoms with Crippen molar-refractivity contribution in [2.45, 2.75) is 32.6 Å². The quantitative estimate of drug-likeness (QED) is 0.618. The Balaban J connectivity index is 1.35. The molecule has 0 bridgehead atoms. The highest BCUT2D eigenvalue weighted by molar-refractivity contribution is 5.97. The number of halogens is 1. The Bertz CT molecular complexity index is 1170. The van der Waals surface area contributed by atoms with Gasteiger partial charge < -0.3 is 20.1 Å². The molecule has 3 aromatic rings. The van der Waals surface area contributed by atoms with Crippen molar-refractivity contribution in [2.24, 2.45) is 13.0 Å². The highest BCUT2D eigenvalue weighted by atomic mass is 19.1. The number of anilines is 3. The summed E-state index contributed by atoms with van der Waals surface area (Å²) in [6.07, 6.45) is 7.36. The molecule has 2 N–H and O–H groups in total. The summed E-state index contributed by atoms with van der Waals surface area (Å²) in [4.78, 5) is 27.5. The maximum absolute atomic E-state index is 14.7. The van der Waals surface area contributed by atoms with E-state index in [4.69, 9.17) is 0 Å². The summed E-state index contributed by atoms with van der Waals surface area (Å²) in [7, 11) is 1.82. The Morgan fingerprint density at radius 1 is 1.21 bits per heavy atom. The molecule has 3 aromatic heterocycles. The van der Waals surface area contributed by atoms with Crippen LogP contribution in [0.4, 0.5) is 21.8 Å². The molecule has 1 fully saturated rings. The molecule has 8 nitrogen and oxygen atoms in total. The minimum Gasteiger partial charge on any atom is -0.370 e. The van der Waals surface area contributed by atoms with E-state index in [2.05, 4.69) is 37.4 Å². The predicted octanol–water partition coefficient (Wildman–Crippen LogP) is 3.67. The summed E-state index contributed by atoms with van der Waals surface area (Å²) < 4.78 is 16.5. The number of aromatic nitrogens is 4. The van der Waals surface area contributed by atoms with E-state index in [1.165, 1.54) is 19.3 Å². The molecule has 0 aromatic carbocycles. The van der Waals surface area contributed by atoms with Gasteiger partial charge in [-0.1, -0.05) is 13.3 Å². The largest absolute Gasteiger partial charge is 0.370 e. The third-order valence-electron chi connectivity index (χ3n) is 6.78. The van der Waals surface area contributed by atoms with Crippen LogP contribution in [0.15, 0.2) is 30.6 Å². The van der Waals surface area contributed by atoms with E-state index in [0.29, 0.717) is 30.0 Å². The van der Waals surface area contributed by atoms with Crippen LogP contribution in [-0.4, -0.2) is 45.1 Å². The Kier molecular flexibility index (Phi) is 5.70. The van der Waals surface area contributed by atoms with E-state index in [1.807, 2.05) is 29.9 Å². The van der Waals surface area contributed by atoms with Gasteiger partial charge >= 0.3 is 0 Å². The second-order valence-electron chi connectivity index (χ2n) is 8.71. The number of pyridine rings is 1. The number of rotatable bonds is 5. The number of fused-ring (bicyclic) bond motifs is 1. The lowest BCUT2D eigenvalue weighted by atomic mass is 9.94. The number of hydrogen-bond acceptors (Lipinski definition) is 6. The molecule has 0 unspecified atom stereocenters. The Labute approximate surface area is 192 Å². The normalized spacial score (nSPS) is 16.5. The number of nitrogens with one attached hydrogen (secondary N) is 2. The topological polar surface area (TPSA) is 88.0 Å². The first kappa shape index (κ1) is 21.4. The van der Waals surface area contributed by atoms with Crippen LogP contribution in [-0.2, 0) is 13.5 Å². The maximum atomic E-state index is 14.7. The molecule has 5 rings (SSSR count). The van der Waals surface area contributed by atoms with Gasteiger partial charge in [-0.3, -0.25) is 4.79 Å². The zero-order valence-electron chi connectivity index (χ0n) is 18.9. The molecule has 172 valence electrons. The number of amides is 1. The van der Waals surface area contributed by atoms with Gasteiger partial charge in [0.15, 0.2) is 5.82 Å². The van der Waals surface area contributed by atoms with Crippen molar-refractivity contribution in [3.63, 3.8) is 0 Å². The van der Waals surface area contributed by atoms with Gasteiger partial charge in [-0.05, 0) is 37.0 Å². The molecule has 0 atom stereocenters. The molecule has 2 aliphatic rings. The van der Waals surface area contributed by atoms with Crippen LogP contribution in [0.2, 0.25) is 0 Å². The summed E-state index contributed by atoms with van der Waals surface area (Å²) in [5.41, 5.74) is 3.22. The molecule has 1 saturated heterocycles. The van der Waals surface area contributed by atoms with Crippen molar-refractivity contribution >= 4 is 23.4 Å². The summed E-state index contributed by atoms with van der Waals surface area (Å²) in [6.45, 7) is 4.93. The summed E-state index contributed by atoms with van der Waals surface area (Å²) in [6, 6.07) is 5.61. The number of carbonyl (C=O) groups excluding carboxylic acids is 1. The van der Waals surface area contributed by atoms with E-state index in [9.17, 15) is 9.18 Å². The summed E-state index contributed by atoms with van der Waals surface area (Å²) in [5.74, 6) is 0.972. The first-order valence-electron chi connectivity index (χ1n) is 11.5. The molecular weight excluding hydrogens is 421 g/mol. The molecule has 0 spiro atoms. The number of nitrogens with zero attached hydrogens (tertiary/aromatic N) is 5. The SMILES string of the molecule is CCC1CCN(c2ccc(Nc3ncc(F)c(-c4cc5c(n4C)CCNC5=O)n3)nc2)CC1. The van der Waals surface area contributed by atoms with Gasteiger partial charge in [0.1, 0.15) is 11.5 Å². The average Bonchev–Trinajstić information content (AvgIpc) is 3.18. The predicted molar refractivity (Wildman–Crippen MR) is 125 cm³/mol. The van der Waals surface area contributed by atoms with Crippen LogP contribution < -0.4 is 15.5 Å². The van der Waals surface area contributed by atoms with Crippen LogP contribution in [0.5, 0.6) is 0 Å². The Morgan fingerprint density at radius 2 is 2.03 bits per heavy atom. The van der Waals surface area contributed by atoms with Crippen molar-refractivity contribution in [1.82, 2.24) is 24.8 Å². The van der Waals surface area contributed by atoms with Crippen LogP contribution >= 0.6 is 0 Å². The van der Waals surface area contributed by atoms with Gasteiger partial charge in [-0.15, -0.1) is 0 Å². The van der Waals surface area contributed by atoms with E-state index in [-0.39, 0.29) is 17.5 Å². The molecular formula is C24H28FN7O.